The normalized spacial score (nSPS) is 19.8. The number of carbonyl (C=O) groups is 2. The molecule has 0 radical (unpaired) electrons. The molecule has 1 aliphatic heterocycles. The van der Waals surface area contributed by atoms with Gasteiger partial charge in [-0.25, -0.2) is 9.59 Å². The summed E-state index contributed by atoms with van der Waals surface area (Å²) in [6.45, 7) is 1.97. The maximum Gasteiger partial charge on any atom is 0.354 e. The summed E-state index contributed by atoms with van der Waals surface area (Å²) in [4.78, 5) is 24.8. The minimum absolute atomic E-state index is 0.222. The SMILES string of the molecule is COC(=O)[C@@]1(/C=C/c2ccccc2)CC(c2ccccc2C)=CC(=O)O1. The van der Waals surface area contributed by atoms with Crippen LogP contribution in [0, 0.1) is 6.92 Å². The molecule has 0 saturated heterocycles. The lowest BCUT2D eigenvalue weighted by Gasteiger charge is -2.32. The molecule has 2 aromatic rings. The van der Waals surface area contributed by atoms with Gasteiger partial charge in [-0.3, -0.25) is 0 Å². The minimum Gasteiger partial charge on any atom is -0.466 e. The molecule has 0 unspecified atom stereocenters. The van der Waals surface area contributed by atoms with Crippen molar-refractivity contribution >= 4 is 23.6 Å². The molecule has 0 N–H and O–H groups in total. The van der Waals surface area contributed by atoms with Crippen LogP contribution < -0.4 is 0 Å². The summed E-state index contributed by atoms with van der Waals surface area (Å²) >= 11 is 0. The van der Waals surface area contributed by atoms with Crippen LogP contribution in [0.25, 0.3) is 11.6 Å². The third-order valence-corrected chi connectivity index (χ3v) is 4.39. The van der Waals surface area contributed by atoms with Gasteiger partial charge in [-0.1, -0.05) is 60.7 Å². The van der Waals surface area contributed by atoms with E-state index >= 15 is 0 Å². The molecule has 0 saturated carbocycles. The average molecular weight is 348 g/mol. The highest BCUT2D eigenvalue weighted by Gasteiger charge is 2.44. The van der Waals surface area contributed by atoms with E-state index in [1.54, 1.807) is 12.2 Å². The lowest BCUT2D eigenvalue weighted by atomic mass is 9.86. The van der Waals surface area contributed by atoms with Gasteiger partial charge in [-0.05, 0) is 35.3 Å². The summed E-state index contributed by atoms with van der Waals surface area (Å²) in [7, 11) is 1.29. The molecule has 4 nitrogen and oxygen atoms in total. The quantitative estimate of drug-likeness (QED) is 0.785. The molecule has 4 heteroatoms. The lowest BCUT2D eigenvalue weighted by molar-refractivity contribution is -0.172. The standard InChI is InChI=1S/C22H20O4/c1-16-8-6-7-11-19(16)18-14-20(23)26-22(15-18,21(24)25-2)13-12-17-9-4-3-5-10-17/h3-14H,15H2,1-2H3/b13-12+/t22-/m1/s1. The minimum atomic E-state index is -1.48. The molecule has 0 spiro atoms. The smallest absolute Gasteiger partial charge is 0.354 e. The van der Waals surface area contributed by atoms with Crippen molar-refractivity contribution in [1.82, 2.24) is 0 Å². The van der Waals surface area contributed by atoms with Gasteiger partial charge in [0.1, 0.15) is 0 Å². The van der Waals surface area contributed by atoms with Gasteiger partial charge in [0.15, 0.2) is 0 Å². The Labute approximate surface area is 152 Å². The average Bonchev–Trinajstić information content (AvgIpc) is 2.66. The zero-order valence-corrected chi connectivity index (χ0v) is 14.8. The summed E-state index contributed by atoms with van der Waals surface area (Å²) < 4.78 is 10.4. The van der Waals surface area contributed by atoms with Gasteiger partial charge in [-0.15, -0.1) is 0 Å². The van der Waals surface area contributed by atoms with Gasteiger partial charge in [0.05, 0.1) is 7.11 Å². The Kier molecular flexibility index (Phi) is 5.03. The number of rotatable bonds is 4. The van der Waals surface area contributed by atoms with Gasteiger partial charge in [0.25, 0.3) is 0 Å². The second-order valence-corrected chi connectivity index (χ2v) is 6.21. The predicted octanol–water partition coefficient (Wildman–Crippen LogP) is 3.95. The van der Waals surface area contributed by atoms with E-state index in [-0.39, 0.29) is 6.42 Å². The monoisotopic (exact) mass is 348 g/mol. The molecule has 1 aliphatic rings. The number of aryl methyl sites for hydroxylation is 1. The summed E-state index contributed by atoms with van der Waals surface area (Å²) in [6, 6.07) is 17.3. The summed E-state index contributed by atoms with van der Waals surface area (Å²) in [6.07, 6.45) is 5.04. The third-order valence-electron chi connectivity index (χ3n) is 4.39. The number of benzene rings is 2. The van der Waals surface area contributed by atoms with E-state index in [0.717, 1.165) is 22.3 Å². The van der Waals surface area contributed by atoms with Crippen molar-refractivity contribution in [2.75, 3.05) is 7.11 Å². The van der Waals surface area contributed by atoms with Crippen LogP contribution in [0.5, 0.6) is 0 Å². The molecular formula is C22H20O4. The molecular weight excluding hydrogens is 328 g/mol. The topological polar surface area (TPSA) is 52.6 Å². The first-order valence-electron chi connectivity index (χ1n) is 8.36. The molecule has 0 bridgehead atoms. The van der Waals surface area contributed by atoms with E-state index in [2.05, 4.69) is 0 Å². The largest absolute Gasteiger partial charge is 0.466 e. The van der Waals surface area contributed by atoms with Crippen LogP contribution in [0.15, 0.2) is 66.7 Å². The Balaban J connectivity index is 2.02. The Bertz CT molecular complexity index is 880. The number of ether oxygens (including phenoxy) is 2. The van der Waals surface area contributed by atoms with Crippen LogP contribution in [0.4, 0.5) is 0 Å². The molecule has 26 heavy (non-hydrogen) atoms. The Morgan fingerprint density at radius 2 is 1.81 bits per heavy atom. The van der Waals surface area contributed by atoms with Gasteiger partial charge < -0.3 is 9.47 Å². The first-order chi connectivity index (χ1) is 12.5. The van der Waals surface area contributed by atoms with Crippen LogP contribution in [-0.2, 0) is 19.1 Å². The third kappa shape index (κ3) is 3.59. The first kappa shape index (κ1) is 17.7. The maximum absolute atomic E-state index is 12.5. The second kappa shape index (κ2) is 7.40. The molecule has 3 rings (SSSR count). The van der Waals surface area contributed by atoms with Crippen LogP contribution in [0.1, 0.15) is 23.1 Å². The van der Waals surface area contributed by atoms with E-state index in [0.29, 0.717) is 0 Å². The van der Waals surface area contributed by atoms with E-state index < -0.39 is 17.5 Å². The number of carbonyl (C=O) groups excluding carboxylic acids is 2. The fourth-order valence-electron chi connectivity index (χ4n) is 3.07. The van der Waals surface area contributed by atoms with Gasteiger partial charge in [0.2, 0.25) is 5.60 Å². The Morgan fingerprint density at radius 1 is 1.12 bits per heavy atom. The van der Waals surface area contributed by atoms with Crippen LogP contribution in [0.3, 0.4) is 0 Å². The first-order valence-corrected chi connectivity index (χ1v) is 8.36. The molecule has 0 aromatic heterocycles. The molecule has 0 aliphatic carbocycles. The summed E-state index contributed by atoms with van der Waals surface area (Å²) in [5.41, 5.74) is 2.12. The molecule has 2 aromatic carbocycles. The second-order valence-electron chi connectivity index (χ2n) is 6.21. The maximum atomic E-state index is 12.5. The summed E-state index contributed by atoms with van der Waals surface area (Å²) in [5, 5.41) is 0. The van der Waals surface area contributed by atoms with Gasteiger partial charge >= 0.3 is 11.9 Å². The predicted molar refractivity (Wildman–Crippen MR) is 100 cm³/mol. The van der Waals surface area contributed by atoms with Crippen LogP contribution in [-0.4, -0.2) is 24.6 Å². The highest BCUT2D eigenvalue weighted by molar-refractivity contribution is 6.00. The van der Waals surface area contributed by atoms with Crippen molar-refractivity contribution < 1.29 is 19.1 Å². The fourth-order valence-corrected chi connectivity index (χ4v) is 3.07. The van der Waals surface area contributed by atoms with Gasteiger partial charge in [0, 0.05) is 12.5 Å². The van der Waals surface area contributed by atoms with E-state index in [9.17, 15) is 9.59 Å². The number of methoxy groups -OCH3 is 1. The summed E-state index contributed by atoms with van der Waals surface area (Å²) in [5.74, 6) is -1.16. The number of hydrogen-bond acceptors (Lipinski definition) is 4. The molecule has 0 fully saturated rings. The van der Waals surface area contributed by atoms with E-state index in [1.807, 2.05) is 61.5 Å². The van der Waals surface area contributed by atoms with E-state index in [4.69, 9.17) is 9.47 Å². The van der Waals surface area contributed by atoms with E-state index in [1.165, 1.54) is 13.2 Å². The lowest BCUT2D eigenvalue weighted by Crippen LogP contribution is -2.44. The van der Waals surface area contributed by atoms with Crippen molar-refractivity contribution in [3.05, 3.63) is 83.4 Å². The fraction of sp³-hybridized carbons (Fsp3) is 0.182. The number of esters is 2. The Morgan fingerprint density at radius 3 is 2.50 bits per heavy atom. The van der Waals surface area contributed by atoms with Crippen molar-refractivity contribution in [1.29, 1.82) is 0 Å². The van der Waals surface area contributed by atoms with Crippen LogP contribution in [0.2, 0.25) is 0 Å². The molecule has 0 amide bonds. The van der Waals surface area contributed by atoms with Gasteiger partial charge in [-0.2, -0.15) is 0 Å². The Hall–Kier alpha value is -3.14. The highest BCUT2D eigenvalue weighted by Crippen LogP contribution is 2.36. The number of cyclic esters (lactones) is 1. The zero-order chi connectivity index (χ0) is 18.6. The molecule has 132 valence electrons. The van der Waals surface area contributed by atoms with Crippen molar-refractivity contribution in [3.63, 3.8) is 0 Å². The number of hydrogen-bond donors (Lipinski definition) is 0. The van der Waals surface area contributed by atoms with Crippen LogP contribution >= 0.6 is 0 Å². The zero-order valence-electron chi connectivity index (χ0n) is 14.8. The van der Waals surface area contributed by atoms with Crippen molar-refractivity contribution in [2.24, 2.45) is 0 Å². The van der Waals surface area contributed by atoms with Crippen molar-refractivity contribution in [2.45, 2.75) is 18.9 Å². The molecule has 1 heterocycles. The highest BCUT2D eigenvalue weighted by atomic mass is 16.6. The van der Waals surface area contributed by atoms with Crippen molar-refractivity contribution in [3.8, 4) is 0 Å². The molecule has 1 atom stereocenters.